The minimum atomic E-state index is 0.0378. The van der Waals surface area contributed by atoms with Gasteiger partial charge >= 0.3 is 0 Å². The number of carbonyl (C=O) groups is 1. The fourth-order valence-electron chi connectivity index (χ4n) is 1.96. The molecule has 0 aliphatic carbocycles. The first-order valence-corrected chi connectivity index (χ1v) is 7.21. The predicted octanol–water partition coefficient (Wildman–Crippen LogP) is 4.64. The van der Waals surface area contributed by atoms with Gasteiger partial charge in [0.15, 0.2) is 5.78 Å². The van der Waals surface area contributed by atoms with Crippen molar-refractivity contribution in [2.24, 2.45) is 0 Å². The average molecular weight is 279 g/mol. The van der Waals surface area contributed by atoms with Gasteiger partial charge in [-0.1, -0.05) is 36.4 Å². The molecule has 0 atom stereocenters. The highest BCUT2D eigenvalue weighted by Gasteiger charge is 2.03. The first kappa shape index (κ1) is 12.6. The van der Waals surface area contributed by atoms with E-state index in [4.69, 9.17) is 0 Å². The van der Waals surface area contributed by atoms with Crippen molar-refractivity contribution in [3.05, 3.63) is 76.6 Å². The van der Waals surface area contributed by atoms with E-state index in [1.54, 1.807) is 6.08 Å². The minimum absolute atomic E-state index is 0.0378. The smallest absolute Gasteiger partial charge is 0.195 e. The van der Waals surface area contributed by atoms with Crippen molar-refractivity contribution in [2.45, 2.75) is 0 Å². The van der Waals surface area contributed by atoms with Crippen LogP contribution in [0.3, 0.4) is 0 Å². The second-order valence-electron chi connectivity index (χ2n) is 4.37. The number of rotatable bonds is 4. The second kappa shape index (κ2) is 5.72. The highest BCUT2D eigenvalue weighted by molar-refractivity contribution is 7.12. The van der Waals surface area contributed by atoms with Crippen LogP contribution in [0.1, 0.15) is 15.4 Å². The Morgan fingerprint density at radius 3 is 2.60 bits per heavy atom. The Labute approximate surface area is 121 Å². The lowest BCUT2D eigenvalue weighted by molar-refractivity contribution is 0.105. The van der Waals surface area contributed by atoms with Gasteiger partial charge in [-0.15, -0.1) is 11.3 Å². The zero-order valence-corrected chi connectivity index (χ0v) is 11.6. The van der Waals surface area contributed by atoms with Gasteiger partial charge in [0.2, 0.25) is 0 Å². The van der Waals surface area contributed by atoms with E-state index in [2.05, 4.69) is 17.1 Å². The topological polar surface area (TPSA) is 32.9 Å². The lowest BCUT2D eigenvalue weighted by Crippen LogP contribution is -1.88. The number of nitrogens with one attached hydrogen (secondary N) is 1. The van der Waals surface area contributed by atoms with Crippen molar-refractivity contribution in [1.82, 2.24) is 4.98 Å². The van der Waals surface area contributed by atoms with Gasteiger partial charge < -0.3 is 4.98 Å². The molecule has 0 saturated heterocycles. The monoisotopic (exact) mass is 279 g/mol. The second-order valence-corrected chi connectivity index (χ2v) is 5.32. The molecule has 0 saturated carbocycles. The van der Waals surface area contributed by atoms with Crippen molar-refractivity contribution in [3.8, 4) is 11.3 Å². The first-order valence-electron chi connectivity index (χ1n) is 6.33. The van der Waals surface area contributed by atoms with Gasteiger partial charge in [-0.25, -0.2) is 0 Å². The molecule has 2 aromatic heterocycles. The van der Waals surface area contributed by atoms with Crippen LogP contribution < -0.4 is 0 Å². The van der Waals surface area contributed by atoms with Crippen molar-refractivity contribution < 1.29 is 4.79 Å². The molecule has 20 heavy (non-hydrogen) atoms. The van der Waals surface area contributed by atoms with E-state index in [0.717, 1.165) is 21.8 Å². The third kappa shape index (κ3) is 2.78. The molecule has 0 bridgehead atoms. The maximum absolute atomic E-state index is 11.9. The van der Waals surface area contributed by atoms with Gasteiger partial charge in [0.25, 0.3) is 0 Å². The van der Waals surface area contributed by atoms with E-state index >= 15 is 0 Å². The maximum atomic E-state index is 11.9. The van der Waals surface area contributed by atoms with Gasteiger partial charge in [0, 0.05) is 11.4 Å². The van der Waals surface area contributed by atoms with E-state index < -0.39 is 0 Å². The number of carbonyl (C=O) groups excluding carboxylic acids is 1. The molecule has 3 rings (SSSR count). The Balaban J connectivity index is 1.76. The molecule has 0 amide bonds. The molecule has 2 heterocycles. The Kier molecular flexibility index (Phi) is 3.61. The number of aromatic nitrogens is 1. The first-order chi connectivity index (χ1) is 9.83. The summed E-state index contributed by atoms with van der Waals surface area (Å²) in [4.78, 5) is 15.9. The normalized spacial score (nSPS) is 11.0. The van der Waals surface area contributed by atoms with Gasteiger partial charge in [-0.05, 0) is 41.3 Å². The molecule has 2 nitrogen and oxygen atoms in total. The number of H-pyrrole nitrogens is 1. The molecule has 0 aliphatic heterocycles. The summed E-state index contributed by atoms with van der Waals surface area (Å²) in [6, 6.07) is 17.8. The minimum Gasteiger partial charge on any atom is -0.355 e. The molecule has 0 radical (unpaired) electrons. The number of hydrogen-bond acceptors (Lipinski definition) is 2. The van der Waals surface area contributed by atoms with E-state index in [1.165, 1.54) is 11.3 Å². The zero-order valence-electron chi connectivity index (χ0n) is 10.7. The van der Waals surface area contributed by atoms with E-state index in [0.29, 0.717) is 0 Å². The molecule has 0 aliphatic rings. The van der Waals surface area contributed by atoms with Crippen LogP contribution >= 0.6 is 11.3 Å². The fraction of sp³-hybridized carbons (Fsp3) is 0. The van der Waals surface area contributed by atoms with Gasteiger partial charge in [0.1, 0.15) is 0 Å². The number of aromatic amines is 1. The average Bonchev–Trinajstić information content (AvgIpc) is 3.17. The van der Waals surface area contributed by atoms with Gasteiger partial charge in [0.05, 0.1) is 4.88 Å². The van der Waals surface area contributed by atoms with Crippen molar-refractivity contribution >= 4 is 23.2 Å². The molecule has 0 fully saturated rings. The highest BCUT2D eigenvalue weighted by atomic mass is 32.1. The number of thiophene rings is 1. The Bertz CT molecular complexity index is 723. The summed E-state index contributed by atoms with van der Waals surface area (Å²) in [5, 5.41) is 1.91. The summed E-state index contributed by atoms with van der Waals surface area (Å²) in [6.45, 7) is 0. The molecule has 0 spiro atoms. The Morgan fingerprint density at radius 1 is 1.00 bits per heavy atom. The molecule has 1 N–H and O–H groups in total. The third-order valence-electron chi connectivity index (χ3n) is 2.97. The number of benzene rings is 1. The van der Waals surface area contributed by atoms with Crippen LogP contribution in [0, 0.1) is 0 Å². The van der Waals surface area contributed by atoms with Crippen molar-refractivity contribution in [1.29, 1.82) is 0 Å². The number of allylic oxidation sites excluding steroid dienone is 1. The lowest BCUT2D eigenvalue weighted by Gasteiger charge is -1.96. The predicted molar refractivity (Wildman–Crippen MR) is 83.9 cm³/mol. The van der Waals surface area contributed by atoms with Crippen molar-refractivity contribution in [2.75, 3.05) is 0 Å². The molecule has 98 valence electrons. The van der Waals surface area contributed by atoms with E-state index in [9.17, 15) is 4.79 Å². The lowest BCUT2D eigenvalue weighted by atomic mass is 10.2. The van der Waals surface area contributed by atoms with Gasteiger partial charge in [-0.2, -0.15) is 0 Å². The van der Waals surface area contributed by atoms with Crippen LogP contribution in [0.5, 0.6) is 0 Å². The van der Waals surface area contributed by atoms with E-state index in [1.807, 2.05) is 53.9 Å². The van der Waals surface area contributed by atoms with Crippen LogP contribution in [0.2, 0.25) is 0 Å². The summed E-state index contributed by atoms with van der Waals surface area (Å²) in [7, 11) is 0. The molecule has 3 heteroatoms. The molecule has 3 aromatic rings. The summed E-state index contributed by atoms with van der Waals surface area (Å²) >= 11 is 1.46. The molecular formula is C17H13NOS. The summed E-state index contributed by atoms with van der Waals surface area (Å²) in [5.74, 6) is 0.0378. The van der Waals surface area contributed by atoms with Crippen LogP contribution in [0.25, 0.3) is 17.3 Å². The Morgan fingerprint density at radius 2 is 1.85 bits per heavy atom. The quantitative estimate of drug-likeness (QED) is 0.547. The third-order valence-corrected chi connectivity index (χ3v) is 3.86. The summed E-state index contributed by atoms with van der Waals surface area (Å²) < 4.78 is 0. The number of ketones is 1. The van der Waals surface area contributed by atoms with Crippen LogP contribution in [0.4, 0.5) is 0 Å². The number of hydrogen-bond donors (Lipinski definition) is 1. The largest absolute Gasteiger partial charge is 0.355 e. The van der Waals surface area contributed by atoms with Gasteiger partial charge in [-0.3, -0.25) is 4.79 Å². The highest BCUT2D eigenvalue weighted by Crippen LogP contribution is 2.18. The maximum Gasteiger partial charge on any atom is 0.195 e. The summed E-state index contributed by atoms with van der Waals surface area (Å²) in [6.07, 6.45) is 3.42. The molecule has 1 aromatic carbocycles. The summed E-state index contributed by atoms with van der Waals surface area (Å²) in [5.41, 5.74) is 3.11. The zero-order chi connectivity index (χ0) is 13.8. The molecular weight excluding hydrogens is 266 g/mol. The van der Waals surface area contributed by atoms with Crippen LogP contribution in [-0.2, 0) is 0 Å². The Hall–Kier alpha value is -2.39. The van der Waals surface area contributed by atoms with Crippen LogP contribution in [-0.4, -0.2) is 10.8 Å². The fourth-order valence-corrected chi connectivity index (χ4v) is 2.61. The van der Waals surface area contributed by atoms with Crippen molar-refractivity contribution in [3.63, 3.8) is 0 Å². The SMILES string of the molecule is O=C(/C=C/c1ccc(-c2ccccc2)[nH]1)c1cccs1. The standard InChI is InChI=1S/C17H13NOS/c19-16(17-7-4-12-20-17)11-9-14-8-10-15(18-14)13-5-2-1-3-6-13/h1-12,18H/b11-9+. The molecule has 0 unspecified atom stereocenters. The van der Waals surface area contributed by atoms with Crippen LogP contribution in [0.15, 0.2) is 66.1 Å². The van der Waals surface area contributed by atoms with E-state index in [-0.39, 0.29) is 5.78 Å².